The van der Waals surface area contributed by atoms with Crippen LogP contribution in [0.25, 0.3) is 11.3 Å². The van der Waals surface area contributed by atoms with Gasteiger partial charge in [-0.25, -0.2) is 0 Å². The molecule has 6 nitrogen and oxygen atoms in total. The van der Waals surface area contributed by atoms with Crippen molar-refractivity contribution in [1.29, 1.82) is 0 Å². The van der Waals surface area contributed by atoms with E-state index in [1.54, 1.807) is 24.3 Å². The van der Waals surface area contributed by atoms with Crippen molar-refractivity contribution in [3.8, 4) is 17.0 Å². The summed E-state index contributed by atoms with van der Waals surface area (Å²) in [6.07, 6.45) is -7.84. The number of anilines is 1. The van der Waals surface area contributed by atoms with Gasteiger partial charge >= 0.3 is 12.4 Å². The van der Waals surface area contributed by atoms with Gasteiger partial charge in [-0.15, -0.1) is 0 Å². The standard InChI is InChI=1S/C25H17ClF6N4O2/c1-35-22(25(30,31)32)10-20(34-35)19-7-6-18(9-21(19)37)36(13-14-2-4-17(26)5-3-14)23(38)15-8-16(12-33-11-15)24(27,28)29/h2-12,37H,13H2,1H3. The normalized spacial score (nSPS) is 12.0. The fourth-order valence-corrected chi connectivity index (χ4v) is 3.82. The number of alkyl halides is 6. The maximum atomic E-state index is 13.4. The van der Waals surface area contributed by atoms with Crippen molar-refractivity contribution in [1.82, 2.24) is 14.8 Å². The zero-order valence-corrected chi connectivity index (χ0v) is 20.1. The molecule has 4 rings (SSSR count). The van der Waals surface area contributed by atoms with E-state index >= 15 is 0 Å². The van der Waals surface area contributed by atoms with E-state index in [0.29, 0.717) is 27.5 Å². The van der Waals surface area contributed by atoms with Gasteiger partial charge in [-0.1, -0.05) is 23.7 Å². The summed E-state index contributed by atoms with van der Waals surface area (Å²) in [5, 5.41) is 14.9. The number of nitrogens with zero attached hydrogens (tertiary/aromatic N) is 4. The molecule has 0 aliphatic heterocycles. The third-order valence-electron chi connectivity index (χ3n) is 5.55. The number of benzene rings is 2. The quantitative estimate of drug-likeness (QED) is 0.278. The maximum absolute atomic E-state index is 13.4. The number of carbonyl (C=O) groups excluding carboxylic acids is 1. The number of hydrogen-bond donors (Lipinski definition) is 1. The van der Waals surface area contributed by atoms with E-state index in [4.69, 9.17) is 11.6 Å². The van der Waals surface area contributed by atoms with Crippen molar-refractivity contribution in [2.75, 3.05) is 4.90 Å². The van der Waals surface area contributed by atoms with Crippen LogP contribution in [0, 0.1) is 0 Å². The number of phenolic OH excluding ortho intramolecular Hbond substituents is 1. The minimum absolute atomic E-state index is 0.0422. The summed E-state index contributed by atoms with van der Waals surface area (Å²) in [6.45, 7) is -0.132. The van der Waals surface area contributed by atoms with Gasteiger partial charge in [-0.3, -0.25) is 14.5 Å². The average Bonchev–Trinajstić information content (AvgIpc) is 3.24. The molecule has 0 bridgehead atoms. The Morgan fingerprint density at radius 3 is 2.24 bits per heavy atom. The summed E-state index contributed by atoms with van der Waals surface area (Å²) in [5.41, 5.74) is -2.10. The lowest BCUT2D eigenvalue weighted by Gasteiger charge is -2.24. The van der Waals surface area contributed by atoms with Crippen LogP contribution < -0.4 is 4.90 Å². The molecule has 2 aromatic carbocycles. The minimum Gasteiger partial charge on any atom is -0.507 e. The maximum Gasteiger partial charge on any atom is 0.433 e. The van der Waals surface area contributed by atoms with E-state index < -0.39 is 35.3 Å². The molecular weight excluding hydrogens is 538 g/mol. The Balaban J connectivity index is 1.75. The molecule has 0 atom stereocenters. The summed E-state index contributed by atoms with van der Waals surface area (Å²) in [4.78, 5) is 18.0. The predicted molar refractivity (Wildman–Crippen MR) is 127 cm³/mol. The molecule has 0 spiro atoms. The smallest absolute Gasteiger partial charge is 0.433 e. The zero-order chi connectivity index (χ0) is 27.8. The van der Waals surface area contributed by atoms with Gasteiger partial charge < -0.3 is 10.0 Å². The second-order valence-corrected chi connectivity index (χ2v) is 8.65. The lowest BCUT2D eigenvalue weighted by molar-refractivity contribution is -0.143. The summed E-state index contributed by atoms with van der Waals surface area (Å²) < 4.78 is 79.8. The fourth-order valence-electron chi connectivity index (χ4n) is 3.69. The first-order valence-electron chi connectivity index (χ1n) is 10.8. The number of amides is 1. The lowest BCUT2D eigenvalue weighted by Crippen LogP contribution is -2.30. The molecule has 0 radical (unpaired) electrons. The minimum atomic E-state index is -4.73. The first-order valence-corrected chi connectivity index (χ1v) is 11.1. The Kier molecular flexibility index (Phi) is 7.11. The summed E-state index contributed by atoms with van der Waals surface area (Å²) in [5.74, 6) is -1.35. The topological polar surface area (TPSA) is 71.2 Å². The number of phenols is 1. The summed E-state index contributed by atoms with van der Waals surface area (Å²) in [6, 6.07) is 11.5. The van der Waals surface area contributed by atoms with E-state index in [2.05, 4.69) is 10.1 Å². The van der Waals surface area contributed by atoms with E-state index in [-0.39, 0.29) is 29.1 Å². The summed E-state index contributed by atoms with van der Waals surface area (Å²) in [7, 11) is 1.10. The number of aryl methyl sites for hydroxylation is 1. The van der Waals surface area contributed by atoms with Crippen molar-refractivity contribution in [2.24, 2.45) is 7.05 Å². The first-order chi connectivity index (χ1) is 17.7. The molecule has 0 saturated heterocycles. The Hall–Kier alpha value is -4.06. The van der Waals surface area contributed by atoms with Crippen LogP contribution >= 0.6 is 11.6 Å². The molecule has 0 fully saturated rings. The van der Waals surface area contributed by atoms with Gasteiger partial charge in [0.05, 0.1) is 23.4 Å². The van der Waals surface area contributed by atoms with Crippen molar-refractivity contribution in [3.05, 3.63) is 94.4 Å². The Morgan fingerprint density at radius 2 is 1.66 bits per heavy atom. The highest BCUT2D eigenvalue weighted by Gasteiger charge is 2.35. The SMILES string of the molecule is Cn1nc(-c2ccc(N(Cc3ccc(Cl)cc3)C(=O)c3cncc(C(F)(F)F)c3)cc2O)cc1C(F)(F)F. The molecule has 13 heteroatoms. The van der Waals surface area contributed by atoms with Gasteiger partial charge in [0.2, 0.25) is 0 Å². The van der Waals surface area contributed by atoms with Gasteiger partial charge in [0.1, 0.15) is 11.4 Å². The number of hydrogen-bond acceptors (Lipinski definition) is 4. The molecule has 0 aliphatic rings. The van der Waals surface area contributed by atoms with Gasteiger partial charge in [0.25, 0.3) is 5.91 Å². The summed E-state index contributed by atoms with van der Waals surface area (Å²) >= 11 is 5.91. The number of rotatable bonds is 5. The number of pyridine rings is 1. The van der Waals surface area contributed by atoms with Crippen LogP contribution in [0.1, 0.15) is 27.2 Å². The van der Waals surface area contributed by atoms with Gasteiger partial charge in [-0.05, 0) is 42.0 Å². The van der Waals surface area contributed by atoms with Gasteiger partial charge in [0.15, 0.2) is 0 Å². The molecule has 4 aromatic rings. The van der Waals surface area contributed by atoms with Gasteiger partial charge in [0, 0.05) is 41.8 Å². The van der Waals surface area contributed by atoms with Crippen LogP contribution in [-0.4, -0.2) is 25.8 Å². The number of carbonyl (C=O) groups is 1. The number of aromatic hydroxyl groups is 1. The molecule has 38 heavy (non-hydrogen) atoms. The van der Waals surface area contributed by atoms with Gasteiger partial charge in [-0.2, -0.15) is 31.4 Å². The van der Waals surface area contributed by atoms with Crippen molar-refractivity contribution in [3.63, 3.8) is 0 Å². The highest BCUT2D eigenvalue weighted by molar-refractivity contribution is 6.30. The second-order valence-electron chi connectivity index (χ2n) is 8.22. The van der Waals surface area contributed by atoms with E-state index in [9.17, 15) is 36.2 Å². The highest BCUT2D eigenvalue weighted by atomic mass is 35.5. The van der Waals surface area contributed by atoms with Crippen molar-refractivity contribution in [2.45, 2.75) is 18.9 Å². The van der Waals surface area contributed by atoms with Crippen LogP contribution in [0.4, 0.5) is 32.0 Å². The van der Waals surface area contributed by atoms with Crippen LogP contribution in [-0.2, 0) is 25.9 Å². The molecule has 198 valence electrons. The predicted octanol–water partition coefficient (Wildman–Crippen LogP) is 6.73. The Morgan fingerprint density at radius 1 is 0.974 bits per heavy atom. The van der Waals surface area contributed by atoms with Crippen LogP contribution in [0.5, 0.6) is 5.75 Å². The zero-order valence-electron chi connectivity index (χ0n) is 19.3. The second kappa shape index (κ2) is 10.0. The largest absolute Gasteiger partial charge is 0.507 e. The van der Waals surface area contributed by atoms with Crippen LogP contribution in [0.15, 0.2) is 67.0 Å². The molecular formula is C25H17ClF6N4O2. The fraction of sp³-hybridized carbons (Fsp3) is 0.160. The molecule has 0 aliphatic carbocycles. The van der Waals surface area contributed by atoms with Crippen molar-refractivity contribution < 1.29 is 36.2 Å². The molecule has 0 saturated carbocycles. The third kappa shape index (κ3) is 5.75. The molecule has 2 aromatic heterocycles. The number of aromatic nitrogens is 3. The molecule has 2 heterocycles. The number of halogens is 7. The van der Waals surface area contributed by atoms with Crippen molar-refractivity contribution >= 4 is 23.2 Å². The van der Waals surface area contributed by atoms with E-state index in [1.807, 2.05) is 0 Å². The molecule has 1 N–H and O–H groups in total. The lowest BCUT2D eigenvalue weighted by atomic mass is 10.1. The molecule has 0 unspecified atom stereocenters. The van der Waals surface area contributed by atoms with Crippen LogP contribution in [0.3, 0.4) is 0 Å². The molecule has 1 amide bonds. The van der Waals surface area contributed by atoms with E-state index in [0.717, 1.165) is 30.3 Å². The average molecular weight is 555 g/mol. The van der Waals surface area contributed by atoms with E-state index in [1.165, 1.54) is 12.1 Å². The third-order valence-corrected chi connectivity index (χ3v) is 5.80. The highest BCUT2D eigenvalue weighted by Crippen LogP contribution is 2.37. The Bertz CT molecular complexity index is 1480. The van der Waals surface area contributed by atoms with Crippen LogP contribution in [0.2, 0.25) is 5.02 Å². The monoisotopic (exact) mass is 554 g/mol. The Labute approximate surface area is 216 Å². The first kappa shape index (κ1) is 27.0.